The van der Waals surface area contributed by atoms with Crippen LogP contribution >= 0.6 is 0 Å². The topological polar surface area (TPSA) is 197 Å². The van der Waals surface area contributed by atoms with Crippen molar-refractivity contribution in [3.05, 3.63) is 71.4 Å². The molecule has 7 N–H and O–H groups in total. The van der Waals surface area contributed by atoms with Gasteiger partial charge in [0.25, 0.3) is 0 Å². The lowest BCUT2D eigenvalue weighted by Gasteiger charge is -2.17. The summed E-state index contributed by atoms with van der Waals surface area (Å²) in [4.78, 5) is 12.7. The highest BCUT2D eigenvalue weighted by Gasteiger charge is 2.20. The molecule has 204 valence electrons. The second-order valence-electron chi connectivity index (χ2n) is 7.97. The van der Waals surface area contributed by atoms with Crippen LogP contribution in [0.15, 0.2) is 59.1 Å². The molecule has 14 heteroatoms. The van der Waals surface area contributed by atoms with Crippen LogP contribution in [0.4, 0.5) is 11.5 Å². The fourth-order valence-corrected chi connectivity index (χ4v) is 4.45. The number of nitrogen functional groups attached to an aromatic ring is 2. The maximum Gasteiger partial charge on any atom is 0.192 e. The molecule has 0 spiro atoms. The summed E-state index contributed by atoms with van der Waals surface area (Å²) in [6, 6.07) is 5.35. The molecule has 0 bridgehead atoms. The first-order valence-corrected chi connectivity index (χ1v) is 13.0. The number of benzene rings is 1. The number of nitrogens with one attached hydrogen (secondary N) is 1. The van der Waals surface area contributed by atoms with Crippen molar-refractivity contribution in [1.29, 1.82) is 0 Å². The van der Waals surface area contributed by atoms with Crippen LogP contribution < -0.4 is 42.8 Å². The molecule has 1 atom stereocenters. The molecule has 2 aromatic heterocycles. The number of para-hydroxylation sites is 1. The number of nitrogens with zero attached hydrogens (tertiary/aromatic N) is 5. The highest BCUT2D eigenvalue weighted by molar-refractivity contribution is 7.89. The van der Waals surface area contributed by atoms with Gasteiger partial charge in [0.2, 0.25) is 0 Å². The number of anilines is 2. The second kappa shape index (κ2) is 12.2. The Balaban J connectivity index is 1.89. The van der Waals surface area contributed by atoms with Gasteiger partial charge < -0.3 is 41.3 Å². The summed E-state index contributed by atoms with van der Waals surface area (Å²) in [5.74, 6) is 1.87. The molecule has 13 nitrogen and oxygen atoms in total. The van der Waals surface area contributed by atoms with Gasteiger partial charge in [-0.25, -0.2) is 15.0 Å². The first-order chi connectivity index (χ1) is 18.8. The summed E-state index contributed by atoms with van der Waals surface area (Å²) < 4.78 is 35.4. The van der Waals surface area contributed by atoms with Crippen molar-refractivity contribution in [2.75, 3.05) is 32.3 Å². The lowest BCUT2D eigenvalue weighted by Crippen LogP contribution is -2.34. The molecular weight excluding hydrogens is 522 g/mol. The number of rotatable bonds is 9. The normalized spacial score (nSPS) is 15.9. The standard InChI is InChI=1S/C25H29N9O4S/c1-4-38-22-10-5-7-16(31-22)25-32-24(28)17(34(25)23-18(36-2)8-6-9-19(23)37-3)11-20(27)33-39(35)14-21-29-12-15(26)13-30-21/h5-13,31H,4,14,26H2,1-3H3,(H2,27,33)(H2,28,32). The van der Waals surface area contributed by atoms with E-state index in [9.17, 15) is 4.55 Å². The average molecular weight is 552 g/mol. The molecule has 1 aliphatic heterocycles. The van der Waals surface area contributed by atoms with Gasteiger partial charge in [0.1, 0.15) is 28.5 Å². The van der Waals surface area contributed by atoms with E-state index in [1.165, 1.54) is 18.5 Å². The highest BCUT2D eigenvalue weighted by Crippen LogP contribution is 2.30. The largest absolute Gasteiger partial charge is 0.591 e. The van der Waals surface area contributed by atoms with Gasteiger partial charge in [-0.2, -0.15) is 0 Å². The quantitative estimate of drug-likeness (QED) is 0.159. The molecule has 0 radical (unpaired) electrons. The Morgan fingerprint density at radius 1 is 1.18 bits per heavy atom. The molecule has 0 saturated heterocycles. The number of allylic oxidation sites excluding steroid dienone is 2. The Kier molecular flexibility index (Phi) is 8.58. The van der Waals surface area contributed by atoms with Crippen molar-refractivity contribution in [2.45, 2.75) is 12.7 Å². The molecule has 0 amide bonds. The van der Waals surface area contributed by atoms with E-state index in [1.807, 2.05) is 19.1 Å². The van der Waals surface area contributed by atoms with E-state index in [-0.39, 0.29) is 17.4 Å². The van der Waals surface area contributed by atoms with Crippen LogP contribution in [0.25, 0.3) is 17.5 Å². The number of amidine groups is 1. The van der Waals surface area contributed by atoms with Gasteiger partial charge in [0.15, 0.2) is 34.6 Å². The number of hydrogen-bond acceptors (Lipinski definition) is 11. The summed E-state index contributed by atoms with van der Waals surface area (Å²) >= 11 is -1.76. The average Bonchev–Trinajstić information content (AvgIpc) is 3.24. The number of dihydropyridines is 1. The second-order valence-corrected chi connectivity index (χ2v) is 9.09. The first kappa shape index (κ1) is 27.3. The Labute approximate surface area is 227 Å². The predicted octanol–water partition coefficient (Wildman–Crippen LogP) is -0.00900. The zero-order valence-electron chi connectivity index (χ0n) is 21.6. The SMILES string of the molecule is CCOC1=CC=CC(=c2nc(N)c(=CC(N)=N[S+]([O-])Cc3ncc(N)cn3)n2-c2c(OC)cccc2OC)N1. The van der Waals surface area contributed by atoms with Crippen LogP contribution in [0.5, 0.6) is 11.5 Å². The minimum atomic E-state index is -1.76. The van der Waals surface area contributed by atoms with Gasteiger partial charge in [0.05, 0.1) is 50.0 Å². The number of aromatic nitrogens is 4. The number of imidazole rings is 1. The molecule has 0 fully saturated rings. The minimum absolute atomic E-state index is 0.0473. The van der Waals surface area contributed by atoms with Gasteiger partial charge in [0, 0.05) is 6.08 Å². The van der Waals surface area contributed by atoms with Crippen LogP contribution in [0.3, 0.4) is 0 Å². The van der Waals surface area contributed by atoms with Crippen LogP contribution in [0.1, 0.15) is 12.7 Å². The van der Waals surface area contributed by atoms with E-state index in [2.05, 4.69) is 24.7 Å². The molecule has 0 aliphatic carbocycles. The van der Waals surface area contributed by atoms with E-state index in [0.717, 1.165) is 0 Å². The van der Waals surface area contributed by atoms with Crippen LogP contribution in [0, 0.1) is 0 Å². The number of ether oxygens (including phenoxy) is 3. The zero-order chi connectivity index (χ0) is 27.9. The van der Waals surface area contributed by atoms with Crippen molar-refractivity contribution < 1.29 is 18.8 Å². The third-order valence-electron chi connectivity index (χ3n) is 5.35. The number of methoxy groups -OCH3 is 2. The van der Waals surface area contributed by atoms with Gasteiger partial charge in [-0.3, -0.25) is 4.57 Å². The Bertz CT molecular complexity index is 1530. The maximum absolute atomic E-state index is 12.7. The predicted molar refractivity (Wildman–Crippen MR) is 150 cm³/mol. The van der Waals surface area contributed by atoms with Crippen LogP contribution in [0.2, 0.25) is 0 Å². The van der Waals surface area contributed by atoms with Gasteiger partial charge in [-0.15, -0.1) is 0 Å². The van der Waals surface area contributed by atoms with Gasteiger partial charge in [-0.1, -0.05) is 12.1 Å². The lowest BCUT2D eigenvalue weighted by atomic mass is 10.2. The van der Waals surface area contributed by atoms with Crippen molar-refractivity contribution in [2.24, 2.45) is 10.1 Å². The summed E-state index contributed by atoms with van der Waals surface area (Å²) in [5.41, 5.74) is 20.2. The van der Waals surface area contributed by atoms with Crippen LogP contribution in [-0.4, -0.2) is 50.7 Å². The summed E-state index contributed by atoms with van der Waals surface area (Å²) in [5, 5.41) is 3.58. The molecule has 4 rings (SSSR count). The molecule has 1 unspecified atom stereocenters. The molecule has 3 heterocycles. The zero-order valence-corrected chi connectivity index (χ0v) is 22.4. The molecular formula is C25H29N9O4S. The lowest BCUT2D eigenvalue weighted by molar-refractivity contribution is 0.215. The Hall–Kier alpha value is -4.69. The summed E-state index contributed by atoms with van der Waals surface area (Å²) in [6.45, 7) is 2.36. The van der Waals surface area contributed by atoms with Crippen molar-refractivity contribution in [3.8, 4) is 17.2 Å². The van der Waals surface area contributed by atoms with Crippen molar-refractivity contribution >= 4 is 40.5 Å². The van der Waals surface area contributed by atoms with E-state index < -0.39 is 11.4 Å². The maximum atomic E-state index is 12.7. The minimum Gasteiger partial charge on any atom is -0.591 e. The van der Waals surface area contributed by atoms with Gasteiger partial charge in [-0.05, 0) is 35.6 Å². The van der Waals surface area contributed by atoms with E-state index in [4.69, 9.17) is 31.4 Å². The van der Waals surface area contributed by atoms with Crippen molar-refractivity contribution in [1.82, 2.24) is 24.8 Å². The smallest absolute Gasteiger partial charge is 0.192 e. The number of nitrogens with two attached hydrogens (primary N) is 3. The molecule has 1 aromatic carbocycles. The molecule has 0 saturated carbocycles. The first-order valence-electron chi connectivity index (χ1n) is 11.7. The van der Waals surface area contributed by atoms with Crippen molar-refractivity contribution in [3.63, 3.8) is 0 Å². The molecule has 1 aliphatic rings. The Morgan fingerprint density at radius 2 is 1.87 bits per heavy atom. The third kappa shape index (κ3) is 6.25. The van der Waals surface area contributed by atoms with Gasteiger partial charge >= 0.3 is 0 Å². The number of hydrogen-bond donors (Lipinski definition) is 4. The van der Waals surface area contributed by atoms with E-state index in [1.54, 1.807) is 43.1 Å². The molecule has 3 aromatic rings. The fourth-order valence-electron chi connectivity index (χ4n) is 3.73. The monoisotopic (exact) mass is 551 g/mol. The fraction of sp³-hybridized carbons (Fsp3) is 0.200. The summed E-state index contributed by atoms with van der Waals surface area (Å²) in [7, 11) is 3.09. The third-order valence-corrected chi connectivity index (χ3v) is 6.27. The Morgan fingerprint density at radius 3 is 2.51 bits per heavy atom. The van der Waals surface area contributed by atoms with E-state index in [0.29, 0.717) is 57.7 Å². The highest BCUT2D eigenvalue weighted by atomic mass is 32.2. The van der Waals surface area contributed by atoms with Crippen LogP contribution in [-0.2, 0) is 21.9 Å². The van der Waals surface area contributed by atoms with E-state index >= 15 is 0 Å². The summed E-state index contributed by atoms with van der Waals surface area (Å²) in [6.07, 6.45) is 9.78. The molecule has 39 heavy (non-hydrogen) atoms.